The Balaban J connectivity index is 0.00000288. The highest BCUT2D eigenvalue weighted by atomic mass is 35.5. The summed E-state index contributed by atoms with van der Waals surface area (Å²) in [5.74, 6) is -0.999. The van der Waals surface area contributed by atoms with Crippen molar-refractivity contribution in [3.8, 4) is 0 Å². The Bertz CT molecular complexity index is 614. The first-order chi connectivity index (χ1) is 10.7. The summed E-state index contributed by atoms with van der Waals surface area (Å²) in [6.07, 6.45) is -3.37. The lowest BCUT2D eigenvalue weighted by atomic mass is 10.0. The van der Waals surface area contributed by atoms with Crippen molar-refractivity contribution in [3.63, 3.8) is 0 Å². The summed E-state index contributed by atoms with van der Waals surface area (Å²) in [5.41, 5.74) is 4.64. The van der Waals surface area contributed by atoms with Gasteiger partial charge in [-0.25, -0.2) is 0 Å². The largest absolute Gasteiger partial charge is 0.416 e. The Hall–Kier alpha value is -1.80. The lowest BCUT2D eigenvalue weighted by Crippen LogP contribution is -2.42. The molecule has 3 N–H and O–H groups in total. The van der Waals surface area contributed by atoms with Crippen LogP contribution in [0.15, 0.2) is 18.2 Å². The third kappa shape index (κ3) is 5.10. The standard InChI is InChI=1S/C15H18F3N3O2.ClH/c1-9(22)20-13-7-10(6-11(8-13)15(16,17)18)14(23)21-4-2-12(19)3-5-21;/h6-8,12H,2-5,19H2,1H3,(H,20,22);1H. The Morgan fingerprint density at radius 1 is 1.21 bits per heavy atom. The van der Waals surface area contributed by atoms with Crippen LogP contribution in [0, 0.1) is 0 Å². The molecule has 0 radical (unpaired) electrons. The second kappa shape index (κ2) is 7.85. The maximum atomic E-state index is 13.0. The predicted molar refractivity (Wildman–Crippen MR) is 86.1 cm³/mol. The molecule has 0 unspecified atom stereocenters. The quantitative estimate of drug-likeness (QED) is 0.846. The molecule has 24 heavy (non-hydrogen) atoms. The van der Waals surface area contributed by atoms with E-state index in [-0.39, 0.29) is 29.7 Å². The molecular formula is C15H19ClF3N3O2. The van der Waals surface area contributed by atoms with Gasteiger partial charge in [0.2, 0.25) is 5.91 Å². The molecule has 0 aromatic heterocycles. The number of hydrogen-bond acceptors (Lipinski definition) is 3. The van der Waals surface area contributed by atoms with E-state index in [1.165, 1.54) is 17.9 Å². The van der Waals surface area contributed by atoms with E-state index in [9.17, 15) is 22.8 Å². The van der Waals surface area contributed by atoms with Crippen molar-refractivity contribution in [1.82, 2.24) is 4.90 Å². The van der Waals surface area contributed by atoms with Crippen molar-refractivity contribution >= 4 is 29.9 Å². The van der Waals surface area contributed by atoms with Gasteiger partial charge in [0.05, 0.1) is 5.56 Å². The van der Waals surface area contributed by atoms with Crippen LogP contribution in [-0.4, -0.2) is 35.8 Å². The first kappa shape index (κ1) is 20.2. The number of carbonyl (C=O) groups is 2. The highest BCUT2D eigenvalue weighted by Gasteiger charge is 2.32. The van der Waals surface area contributed by atoms with Gasteiger partial charge in [0.25, 0.3) is 5.91 Å². The van der Waals surface area contributed by atoms with Gasteiger partial charge in [0.15, 0.2) is 0 Å². The topological polar surface area (TPSA) is 75.4 Å². The molecule has 0 bridgehead atoms. The van der Waals surface area contributed by atoms with Gasteiger partial charge < -0.3 is 16.0 Å². The molecule has 0 aliphatic carbocycles. The summed E-state index contributed by atoms with van der Waals surface area (Å²) in [4.78, 5) is 25.0. The lowest BCUT2D eigenvalue weighted by molar-refractivity contribution is -0.137. The number of likely N-dealkylation sites (tertiary alicyclic amines) is 1. The van der Waals surface area contributed by atoms with Crippen LogP contribution in [0.25, 0.3) is 0 Å². The Morgan fingerprint density at radius 3 is 2.29 bits per heavy atom. The number of nitrogens with one attached hydrogen (secondary N) is 1. The van der Waals surface area contributed by atoms with E-state index in [4.69, 9.17) is 5.73 Å². The van der Waals surface area contributed by atoms with Gasteiger partial charge in [-0.2, -0.15) is 13.2 Å². The van der Waals surface area contributed by atoms with E-state index in [1.54, 1.807) is 0 Å². The SMILES string of the molecule is CC(=O)Nc1cc(C(=O)N2CCC(N)CC2)cc(C(F)(F)F)c1.Cl. The Kier molecular flexibility index (Phi) is 6.62. The van der Waals surface area contributed by atoms with Gasteiger partial charge in [-0.1, -0.05) is 0 Å². The molecule has 0 atom stereocenters. The molecule has 1 aromatic rings. The molecular weight excluding hydrogens is 347 g/mol. The van der Waals surface area contributed by atoms with Crippen LogP contribution in [0.4, 0.5) is 18.9 Å². The summed E-state index contributed by atoms with van der Waals surface area (Å²) < 4.78 is 39.0. The maximum Gasteiger partial charge on any atom is 0.416 e. The summed E-state index contributed by atoms with van der Waals surface area (Å²) in [5, 5.41) is 2.29. The lowest BCUT2D eigenvalue weighted by Gasteiger charge is -2.30. The normalized spacial score (nSPS) is 15.6. The molecule has 1 aliphatic heterocycles. The van der Waals surface area contributed by atoms with E-state index in [0.717, 1.165) is 12.1 Å². The summed E-state index contributed by atoms with van der Waals surface area (Å²) in [6.45, 7) is 2.01. The van der Waals surface area contributed by atoms with Gasteiger partial charge >= 0.3 is 6.18 Å². The maximum absolute atomic E-state index is 13.0. The first-order valence-electron chi connectivity index (χ1n) is 7.21. The van der Waals surface area contributed by atoms with Gasteiger partial charge in [-0.15, -0.1) is 12.4 Å². The van der Waals surface area contributed by atoms with Crippen LogP contribution in [-0.2, 0) is 11.0 Å². The van der Waals surface area contributed by atoms with E-state index in [1.807, 2.05) is 0 Å². The number of nitrogens with two attached hydrogens (primary N) is 1. The smallest absolute Gasteiger partial charge is 0.339 e. The van der Waals surface area contributed by atoms with Crippen molar-refractivity contribution in [1.29, 1.82) is 0 Å². The Morgan fingerprint density at radius 2 is 1.79 bits per heavy atom. The molecule has 2 amide bonds. The molecule has 1 heterocycles. The van der Waals surface area contributed by atoms with Crippen molar-refractivity contribution in [2.24, 2.45) is 5.73 Å². The molecule has 2 rings (SSSR count). The van der Waals surface area contributed by atoms with Crippen LogP contribution in [0.5, 0.6) is 0 Å². The third-order valence-electron chi connectivity index (χ3n) is 3.65. The second-order valence-corrected chi connectivity index (χ2v) is 5.61. The molecule has 134 valence electrons. The third-order valence-corrected chi connectivity index (χ3v) is 3.65. The number of carbonyl (C=O) groups excluding carboxylic acids is 2. The van der Waals surface area contributed by atoms with Crippen molar-refractivity contribution in [2.45, 2.75) is 32.0 Å². The Labute approximate surface area is 143 Å². The minimum Gasteiger partial charge on any atom is -0.339 e. The average molecular weight is 366 g/mol. The highest BCUT2D eigenvalue weighted by Crippen LogP contribution is 2.32. The number of halogens is 4. The zero-order valence-electron chi connectivity index (χ0n) is 13.0. The van der Waals surface area contributed by atoms with Crippen LogP contribution < -0.4 is 11.1 Å². The van der Waals surface area contributed by atoms with Crippen molar-refractivity contribution < 1.29 is 22.8 Å². The van der Waals surface area contributed by atoms with Crippen LogP contribution >= 0.6 is 12.4 Å². The number of amides is 2. The number of anilines is 1. The first-order valence-corrected chi connectivity index (χ1v) is 7.21. The minimum atomic E-state index is -4.60. The van der Waals surface area contributed by atoms with Gasteiger partial charge in [0.1, 0.15) is 0 Å². The molecule has 0 spiro atoms. The van der Waals surface area contributed by atoms with E-state index in [2.05, 4.69) is 5.32 Å². The fraction of sp³-hybridized carbons (Fsp3) is 0.467. The number of piperidine rings is 1. The number of benzene rings is 1. The molecule has 5 nitrogen and oxygen atoms in total. The zero-order valence-corrected chi connectivity index (χ0v) is 13.8. The average Bonchev–Trinajstić information content (AvgIpc) is 2.45. The second-order valence-electron chi connectivity index (χ2n) is 5.61. The summed E-state index contributed by atoms with van der Waals surface area (Å²) >= 11 is 0. The van der Waals surface area contributed by atoms with Crippen LogP contribution in [0.3, 0.4) is 0 Å². The van der Waals surface area contributed by atoms with Crippen molar-refractivity contribution in [3.05, 3.63) is 29.3 Å². The number of rotatable bonds is 2. The van der Waals surface area contributed by atoms with Crippen LogP contribution in [0.2, 0.25) is 0 Å². The monoisotopic (exact) mass is 365 g/mol. The van der Waals surface area contributed by atoms with Gasteiger partial charge in [0, 0.05) is 37.3 Å². The van der Waals surface area contributed by atoms with E-state index >= 15 is 0 Å². The fourth-order valence-electron chi connectivity index (χ4n) is 2.48. The molecule has 9 heteroatoms. The number of hydrogen-bond donors (Lipinski definition) is 2. The van der Waals surface area contributed by atoms with Crippen molar-refractivity contribution in [2.75, 3.05) is 18.4 Å². The molecule has 1 aromatic carbocycles. The summed E-state index contributed by atoms with van der Waals surface area (Å²) in [6, 6.07) is 2.88. The summed E-state index contributed by atoms with van der Waals surface area (Å²) in [7, 11) is 0. The number of nitrogens with zero attached hydrogens (tertiary/aromatic N) is 1. The van der Waals surface area contributed by atoms with Gasteiger partial charge in [-0.3, -0.25) is 9.59 Å². The molecule has 1 aliphatic rings. The van der Waals surface area contributed by atoms with E-state index in [0.29, 0.717) is 25.9 Å². The van der Waals surface area contributed by atoms with Crippen LogP contribution in [0.1, 0.15) is 35.7 Å². The minimum absolute atomic E-state index is 0. The molecule has 0 saturated carbocycles. The fourth-order valence-corrected chi connectivity index (χ4v) is 2.48. The predicted octanol–water partition coefficient (Wildman–Crippen LogP) is 2.65. The van der Waals surface area contributed by atoms with E-state index < -0.39 is 23.6 Å². The zero-order chi connectivity index (χ0) is 17.2. The highest BCUT2D eigenvalue weighted by molar-refractivity contribution is 5.97. The number of alkyl halides is 3. The molecule has 1 saturated heterocycles. The van der Waals surface area contributed by atoms with Gasteiger partial charge in [-0.05, 0) is 31.0 Å². The molecule has 1 fully saturated rings.